The predicted molar refractivity (Wildman–Crippen MR) is 120 cm³/mol. The zero-order valence-electron chi connectivity index (χ0n) is 16.7. The molecule has 2 atom stereocenters. The van der Waals surface area contributed by atoms with Crippen LogP contribution in [0.3, 0.4) is 0 Å². The molecule has 0 saturated heterocycles. The van der Waals surface area contributed by atoms with Crippen molar-refractivity contribution in [2.45, 2.75) is 24.8 Å². The summed E-state index contributed by atoms with van der Waals surface area (Å²) in [6.07, 6.45) is 1.16. The third-order valence-corrected chi connectivity index (χ3v) is 6.02. The smallest absolute Gasteiger partial charge is 0.269 e. The monoisotopic (exact) mass is 411 g/mol. The number of nitrogens with zero attached hydrogens (tertiary/aromatic N) is 1. The maximum Gasteiger partial charge on any atom is 0.269 e. The molecular weight excluding hydrogens is 390 g/mol. The molecule has 0 spiro atoms. The number of nitro benzene ring substituents is 1. The van der Waals surface area contributed by atoms with Gasteiger partial charge in [-0.25, -0.2) is 0 Å². The Morgan fingerprint density at radius 2 is 1.48 bits per heavy atom. The molecule has 6 heteroatoms. The van der Waals surface area contributed by atoms with Gasteiger partial charge in [-0.05, 0) is 47.7 Å². The van der Waals surface area contributed by atoms with Crippen molar-refractivity contribution in [2.75, 3.05) is 10.6 Å². The maximum atomic E-state index is 13.4. The van der Waals surface area contributed by atoms with Gasteiger partial charge in [-0.2, -0.15) is 0 Å². The van der Waals surface area contributed by atoms with Crippen LogP contribution in [0.4, 0.5) is 17.1 Å². The molecular formula is C25H21N3O3. The molecule has 3 aromatic carbocycles. The predicted octanol–water partition coefficient (Wildman–Crippen LogP) is 5.57. The Balaban J connectivity index is 1.60. The Bertz CT molecular complexity index is 1190. The molecule has 0 radical (unpaired) electrons. The van der Waals surface area contributed by atoms with E-state index in [1.807, 2.05) is 42.5 Å². The first-order chi connectivity index (χ1) is 15.1. The SMILES string of the molecule is O=C1C[C@@H](c2ccccc2)CC2=C1[C@@H](c1ccc([N+](=O)[O-])cc1)Nc1ccccc1N2. The highest BCUT2D eigenvalue weighted by Gasteiger charge is 2.36. The van der Waals surface area contributed by atoms with Crippen LogP contribution in [-0.2, 0) is 4.79 Å². The van der Waals surface area contributed by atoms with E-state index in [9.17, 15) is 14.9 Å². The zero-order chi connectivity index (χ0) is 21.4. The molecule has 154 valence electrons. The Morgan fingerprint density at radius 1 is 0.806 bits per heavy atom. The molecule has 0 bridgehead atoms. The minimum Gasteiger partial charge on any atom is -0.372 e. The average Bonchev–Trinajstić information content (AvgIpc) is 2.96. The summed E-state index contributed by atoms with van der Waals surface area (Å²) >= 11 is 0. The van der Waals surface area contributed by atoms with E-state index >= 15 is 0 Å². The van der Waals surface area contributed by atoms with Crippen LogP contribution in [0.15, 0.2) is 90.1 Å². The molecule has 31 heavy (non-hydrogen) atoms. The van der Waals surface area contributed by atoms with Crippen molar-refractivity contribution in [1.82, 2.24) is 0 Å². The fourth-order valence-corrected chi connectivity index (χ4v) is 4.49. The zero-order valence-corrected chi connectivity index (χ0v) is 16.7. The summed E-state index contributed by atoms with van der Waals surface area (Å²) < 4.78 is 0. The van der Waals surface area contributed by atoms with Gasteiger partial charge in [-0.1, -0.05) is 42.5 Å². The third kappa shape index (κ3) is 3.57. The summed E-state index contributed by atoms with van der Waals surface area (Å²) in [5.74, 6) is 0.203. The number of ketones is 1. The van der Waals surface area contributed by atoms with Crippen LogP contribution >= 0.6 is 0 Å². The number of rotatable bonds is 3. The van der Waals surface area contributed by atoms with Crippen molar-refractivity contribution >= 4 is 22.8 Å². The van der Waals surface area contributed by atoms with Gasteiger partial charge in [0.25, 0.3) is 5.69 Å². The number of fused-ring (bicyclic) bond motifs is 1. The summed E-state index contributed by atoms with van der Waals surface area (Å²) in [7, 11) is 0. The van der Waals surface area contributed by atoms with Crippen LogP contribution in [0.5, 0.6) is 0 Å². The number of nitrogens with one attached hydrogen (secondary N) is 2. The Labute approximate surface area is 179 Å². The molecule has 2 N–H and O–H groups in total. The number of hydrogen-bond donors (Lipinski definition) is 2. The summed E-state index contributed by atoms with van der Waals surface area (Å²) in [4.78, 5) is 24.1. The highest BCUT2D eigenvalue weighted by Crippen LogP contribution is 2.44. The van der Waals surface area contributed by atoms with E-state index in [0.29, 0.717) is 12.0 Å². The summed E-state index contributed by atoms with van der Waals surface area (Å²) in [6, 6.07) is 24.0. The van der Waals surface area contributed by atoms with Crippen molar-refractivity contribution in [3.63, 3.8) is 0 Å². The second kappa shape index (κ2) is 7.72. The van der Waals surface area contributed by atoms with Gasteiger partial charge in [0.1, 0.15) is 0 Å². The summed E-state index contributed by atoms with van der Waals surface area (Å²) in [6.45, 7) is 0. The lowest BCUT2D eigenvalue weighted by atomic mass is 9.78. The Kier molecular flexibility index (Phi) is 4.75. The lowest BCUT2D eigenvalue weighted by Gasteiger charge is -2.30. The maximum absolute atomic E-state index is 13.4. The lowest BCUT2D eigenvalue weighted by molar-refractivity contribution is -0.384. The van der Waals surface area contributed by atoms with Crippen LogP contribution in [-0.4, -0.2) is 10.7 Å². The van der Waals surface area contributed by atoms with Crippen molar-refractivity contribution in [2.24, 2.45) is 0 Å². The number of carbonyl (C=O) groups is 1. The molecule has 2 aliphatic rings. The number of carbonyl (C=O) groups excluding carboxylic acids is 1. The summed E-state index contributed by atoms with van der Waals surface area (Å²) in [5.41, 5.74) is 5.43. The normalized spacial score (nSPS) is 20.1. The second-order valence-electron chi connectivity index (χ2n) is 7.93. The first-order valence-electron chi connectivity index (χ1n) is 10.3. The molecule has 0 amide bonds. The Morgan fingerprint density at radius 3 is 2.19 bits per heavy atom. The number of hydrogen-bond acceptors (Lipinski definition) is 5. The quantitative estimate of drug-likeness (QED) is 0.434. The van der Waals surface area contributed by atoms with Crippen molar-refractivity contribution in [3.05, 3.63) is 111 Å². The first-order valence-corrected chi connectivity index (χ1v) is 10.3. The van der Waals surface area contributed by atoms with Gasteiger partial charge < -0.3 is 10.6 Å². The summed E-state index contributed by atoms with van der Waals surface area (Å²) in [5, 5.41) is 18.1. The third-order valence-electron chi connectivity index (χ3n) is 6.02. The van der Waals surface area contributed by atoms with Crippen LogP contribution in [0.2, 0.25) is 0 Å². The number of allylic oxidation sites excluding steroid dienone is 1. The molecule has 0 unspecified atom stereocenters. The van der Waals surface area contributed by atoms with Crippen molar-refractivity contribution in [1.29, 1.82) is 0 Å². The lowest BCUT2D eigenvalue weighted by Crippen LogP contribution is -2.26. The van der Waals surface area contributed by atoms with E-state index in [4.69, 9.17) is 0 Å². The molecule has 0 aromatic heterocycles. The highest BCUT2D eigenvalue weighted by atomic mass is 16.6. The number of benzene rings is 3. The van der Waals surface area contributed by atoms with Crippen LogP contribution in [0.25, 0.3) is 0 Å². The number of para-hydroxylation sites is 2. The molecule has 0 saturated carbocycles. The number of Topliss-reactive ketones (excluding diaryl/α,β-unsaturated/α-hetero) is 1. The Hall–Kier alpha value is -3.93. The standard InChI is InChI=1S/C25H21N3O3/c29-23-15-18(16-6-2-1-3-7-16)14-22-24(23)25(17-10-12-19(13-11-17)28(30)31)27-21-9-5-4-8-20(21)26-22/h1-13,18,25-27H,14-15H2/t18-,25+/m0/s1. The fourth-order valence-electron chi connectivity index (χ4n) is 4.49. The average molecular weight is 411 g/mol. The van der Waals surface area contributed by atoms with Crippen molar-refractivity contribution in [3.8, 4) is 0 Å². The highest BCUT2D eigenvalue weighted by molar-refractivity contribution is 6.01. The minimum absolute atomic E-state index is 0.0317. The van der Waals surface area contributed by atoms with Gasteiger partial charge in [-0.3, -0.25) is 14.9 Å². The largest absolute Gasteiger partial charge is 0.372 e. The fraction of sp³-hybridized carbons (Fsp3) is 0.160. The van der Waals surface area contributed by atoms with Crippen LogP contribution in [0.1, 0.15) is 35.9 Å². The van der Waals surface area contributed by atoms with E-state index in [0.717, 1.165) is 34.6 Å². The van der Waals surface area contributed by atoms with Gasteiger partial charge in [0.05, 0.1) is 22.3 Å². The number of non-ortho nitro benzene ring substituents is 1. The topological polar surface area (TPSA) is 84.3 Å². The van der Waals surface area contributed by atoms with Gasteiger partial charge in [0.15, 0.2) is 5.78 Å². The molecule has 1 aliphatic heterocycles. The minimum atomic E-state index is -0.415. The molecule has 3 aromatic rings. The molecule has 1 heterocycles. The van der Waals surface area contributed by atoms with E-state index in [1.165, 1.54) is 12.1 Å². The van der Waals surface area contributed by atoms with Crippen LogP contribution in [0, 0.1) is 10.1 Å². The van der Waals surface area contributed by atoms with E-state index in [-0.39, 0.29) is 23.4 Å². The van der Waals surface area contributed by atoms with Gasteiger partial charge >= 0.3 is 0 Å². The van der Waals surface area contributed by atoms with Gasteiger partial charge in [0.2, 0.25) is 0 Å². The van der Waals surface area contributed by atoms with E-state index < -0.39 is 4.92 Å². The van der Waals surface area contributed by atoms with E-state index in [1.54, 1.807) is 12.1 Å². The number of anilines is 2. The molecule has 5 rings (SSSR count). The van der Waals surface area contributed by atoms with Crippen LogP contribution < -0.4 is 10.6 Å². The second-order valence-corrected chi connectivity index (χ2v) is 7.93. The number of nitro groups is 1. The molecule has 6 nitrogen and oxygen atoms in total. The van der Waals surface area contributed by atoms with Gasteiger partial charge in [-0.15, -0.1) is 0 Å². The van der Waals surface area contributed by atoms with E-state index in [2.05, 4.69) is 22.8 Å². The van der Waals surface area contributed by atoms with Crippen molar-refractivity contribution < 1.29 is 9.72 Å². The first kappa shape index (κ1) is 19.1. The molecule has 0 fully saturated rings. The van der Waals surface area contributed by atoms with Gasteiger partial charge in [0, 0.05) is 29.8 Å². The molecule has 1 aliphatic carbocycles.